The molecule has 7 nitrogen and oxygen atoms in total. The van der Waals surface area contributed by atoms with E-state index in [2.05, 4.69) is 15.3 Å². The average Bonchev–Trinajstić information content (AvgIpc) is 2.79. The van der Waals surface area contributed by atoms with Gasteiger partial charge in [-0.15, -0.1) is 0 Å². The van der Waals surface area contributed by atoms with Crippen molar-refractivity contribution in [3.8, 4) is 0 Å². The van der Waals surface area contributed by atoms with Crippen molar-refractivity contribution in [3.05, 3.63) is 88.0 Å². The molecule has 2 bridgehead atoms. The number of anilines is 1. The molecule has 1 amide bonds. The Labute approximate surface area is 178 Å². The van der Waals surface area contributed by atoms with E-state index < -0.39 is 5.91 Å². The molecule has 2 aliphatic heterocycles. The van der Waals surface area contributed by atoms with Crippen LogP contribution in [-0.4, -0.2) is 33.5 Å². The van der Waals surface area contributed by atoms with Crippen LogP contribution in [0.15, 0.2) is 59.8 Å². The SMILES string of the molecule is O=C(NCc1cccnc1)c1ccc2n(c1=O)C[C@H]1C[C@@H]2CN(c2ncccc2F)C1. The summed E-state index contributed by atoms with van der Waals surface area (Å²) in [6.45, 7) is 2.05. The summed E-state index contributed by atoms with van der Waals surface area (Å²) in [5, 5.41) is 2.80. The monoisotopic (exact) mass is 419 g/mol. The van der Waals surface area contributed by atoms with Crippen molar-refractivity contribution < 1.29 is 9.18 Å². The summed E-state index contributed by atoms with van der Waals surface area (Å²) >= 11 is 0. The number of nitrogens with one attached hydrogen (secondary N) is 1. The molecule has 3 aromatic rings. The zero-order valence-electron chi connectivity index (χ0n) is 16.9. The van der Waals surface area contributed by atoms with E-state index in [4.69, 9.17) is 0 Å². The molecular weight excluding hydrogens is 397 g/mol. The molecule has 1 N–H and O–H groups in total. The van der Waals surface area contributed by atoms with Crippen LogP contribution in [0.2, 0.25) is 0 Å². The van der Waals surface area contributed by atoms with E-state index in [9.17, 15) is 14.0 Å². The molecule has 0 unspecified atom stereocenters. The number of carbonyl (C=O) groups excluding carboxylic acids is 1. The van der Waals surface area contributed by atoms with Crippen LogP contribution in [-0.2, 0) is 13.1 Å². The van der Waals surface area contributed by atoms with Gasteiger partial charge in [0.2, 0.25) is 0 Å². The lowest BCUT2D eigenvalue weighted by Gasteiger charge is -2.43. The highest BCUT2D eigenvalue weighted by molar-refractivity contribution is 5.93. The maximum absolute atomic E-state index is 14.2. The Morgan fingerprint density at radius 1 is 1.13 bits per heavy atom. The standard InChI is InChI=1S/C23H22FN5O2/c24-19-4-2-8-26-21(19)28-12-16-9-17(14-28)20-6-5-18(23(31)29(20)13-16)22(30)27-11-15-3-1-7-25-10-15/h1-8,10,16-17H,9,11-14H2,(H,27,30)/t16-,17+/m0/s1. The highest BCUT2D eigenvalue weighted by atomic mass is 19.1. The van der Waals surface area contributed by atoms with Crippen LogP contribution in [0, 0.1) is 11.7 Å². The smallest absolute Gasteiger partial charge is 0.263 e. The van der Waals surface area contributed by atoms with E-state index in [-0.39, 0.29) is 28.8 Å². The van der Waals surface area contributed by atoms with Crippen molar-refractivity contribution in [3.63, 3.8) is 0 Å². The van der Waals surface area contributed by atoms with Crippen molar-refractivity contribution in [2.45, 2.75) is 25.4 Å². The first-order valence-corrected chi connectivity index (χ1v) is 10.4. The van der Waals surface area contributed by atoms with Crippen LogP contribution in [0.25, 0.3) is 0 Å². The zero-order valence-corrected chi connectivity index (χ0v) is 16.9. The molecule has 31 heavy (non-hydrogen) atoms. The van der Waals surface area contributed by atoms with E-state index in [0.29, 0.717) is 32.0 Å². The first-order chi connectivity index (χ1) is 15.1. The second kappa shape index (κ2) is 7.94. The third kappa shape index (κ3) is 3.69. The van der Waals surface area contributed by atoms with Crippen molar-refractivity contribution >= 4 is 11.7 Å². The lowest BCUT2D eigenvalue weighted by Crippen LogP contribution is -2.48. The minimum Gasteiger partial charge on any atom is -0.353 e. The maximum Gasteiger partial charge on any atom is 0.263 e. The Kier molecular flexibility index (Phi) is 4.97. The lowest BCUT2D eigenvalue weighted by atomic mass is 9.83. The van der Waals surface area contributed by atoms with Gasteiger partial charge in [-0.25, -0.2) is 9.37 Å². The van der Waals surface area contributed by atoms with Gasteiger partial charge in [-0.1, -0.05) is 6.07 Å². The molecule has 0 radical (unpaired) electrons. The van der Waals surface area contributed by atoms with Gasteiger partial charge in [-0.2, -0.15) is 0 Å². The Balaban J connectivity index is 1.37. The predicted molar refractivity (Wildman–Crippen MR) is 113 cm³/mol. The topological polar surface area (TPSA) is 80.1 Å². The normalized spacial score (nSPS) is 19.6. The third-order valence-corrected chi connectivity index (χ3v) is 6.06. The molecule has 8 heteroatoms. The van der Waals surface area contributed by atoms with Gasteiger partial charge in [-0.3, -0.25) is 14.6 Å². The van der Waals surface area contributed by atoms with Crippen molar-refractivity contribution in [2.24, 2.45) is 5.92 Å². The molecule has 0 spiro atoms. The molecule has 5 rings (SSSR count). The fourth-order valence-corrected chi connectivity index (χ4v) is 4.68. The zero-order chi connectivity index (χ0) is 21.4. The summed E-state index contributed by atoms with van der Waals surface area (Å²) in [7, 11) is 0. The number of fused-ring (bicyclic) bond motifs is 4. The van der Waals surface area contributed by atoms with Gasteiger partial charge in [0.1, 0.15) is 5.56 Å². The summed E-state index contributed by atoms with van der Waals surface area (Å²) in [5.41, 5.74) is 1.63. The van der Waals surface area contributed by atoms with Crippen LogP contribution >= 0.6 is 0 Å². The van der Waals surface area contributed by atoms with E-state index in [1.807, 2.05) is 17.0 Å². The number of nitrogens with zero attached hydrogens (tertiary/aromatic N) is 4. The quantitative estimate of drug-likeness (QED) is 0.702. The first kappa shape index (κ1) is 19.4. The second-order valence-corrected chi connectivity index (χ2v) is 8.14. The number of carbonyl (C=O) groups is 1. The molecule has 0 saturated carbocycles. The van der Waals surface area contributed by atoms with Gasteiger partial charge in [0.15, 0.2) is 11.6 Å². The van der Waals surface area contributed by atoms with E-state index in [1.165, 1.54) is 6.07 Å². The average molecular weight is 419 g/mol. The van der Waals surface area contributed by atoms with Crippen LogP contribution in [0.4, 0.5) is 10.2 Å². The van der Waals surface area contributed by atoms with Crippen molar-refractivity contribution in [1.82, 2.24) is 19.9 Å². The molecule has 0 aromatic carbocycles. The number of hydrogen-bond donors (Lipinski definition) is 1. The molecule has 0 aliphatic carbocycles. The molecule has 158 valence electrons. The molecule has 3 aromatic heterocycles. The molecular formula is C23H22FN5O2. The Hall–Kier alpha value is -3.55. The summed E-state index contributed by atoms with van der Waals surface area (Å²) in [5.74, 6) is -0.0786. The lowest BCUT2D eigenvalue weighted by molar-refractivity contribution is 0.0948. The Morgan fingerprint density at radius 2 is 2.00 bits per heavy atom. The number of rotatable bonds is 4. The molecule has 1 saturated heterocycles. The number of pyridine rings is 3. The van der Waals surface area contributed by atoms with Crippen LogP contribution < -0.4 is 15.8 Å². The summed E-state index contributed by atoms with van der Waals surface area (Å²) in [4.78, 5) is 36.0. The van der Waals surface area contributed by atoms with Gasteiger partial charge in [-0.05, 0) is 48.2 Å². The van der Waals surface area contributed by atoms with E-state index >= 15 is 0 Å². The minimum atomic E-state index is -0.392. The molecule has 1 fully saturated rings. The van der Waals surface area contributed by atoms with Gasteiger partial charge in [0.05, 0.1) is 0 Å². The molecule has 5 heterocycles. The fourth-order valence-electron chi connectivity index (χ4n) is 4.68. The van der Waals surface area contributed by atoms with Crippen LogP contribution in [0.5, 0.6) is 0 Å². The number of halogens is 1. The predicted octanol–water partition coefficient (Wildman–Crippen LogP) is 2.33. The van der Waals surface area contributed by atoms with Gasteiger partial charge in [0.25, 0.3) is 11.5 Å². The van der Waals surface area contributed by atoms with Crippen molar-refractivity contribution in [1.29, 1.82) is 0 Å². The third-order valence-electron chi connectivity index (χ3n) is 6.06. The highest BCUT2D eigenvalue weighted by Crippen LogP contribution is 2.37. The summed E-state index contributed by atoms with van der Waals surface area (Å²) in [6, 6.07) is 10.1. The Morgan fingerprint density at radius 3 is 2.81 bits per heavy atom. The van der Waals surface area contributed by atoms with E-state index in [0.717, 1.165) is 17.7 Å². The largest absolute Gasteiger partial charge is 0.353 e. The maximum atomic E-state index is 14.2. The number of amides is 1. The van der Waals surface area contributed by atoms with Gasteiger partial charge >= 0.3 is 0 Å². The molecule has 2 atom stereocenters. The van der Waals surface area contributed by atoms with E-state index in [1.54, 1.807) is 41.4 Å². The fraction of sp³-hybridized carbons (Fsp3) is 0.304. The first-order valence-electron chi connectivity index (χ1n) is 10.4. The van der Waals surface area contributed by atoms with Crippen LogP contribution in [0.1, 0.15) is 34.0 Å². The minimum absolute atomic E-state index is 0.0918. The van der Waals surface area contributed by atoms with Gasteiger partial charge in [0, 0.05) is 56.4 Å². The summed E-state index contributed by atoms with van der Waals surface area (Å²) in [6.07, 6.45) is 5.88. The number of hydrogen-bond acceptors (Lipinski definition) is 5. The van der Waals surface area contributed by atoms with Crippen molar-refractivity contribution in [2.75, 3.05) is 18.0 Å². The number of piperidine rings is 1. The molecule has 2 aliphatic rings. The van der Waals surface area contributed by atoms with Crippen LogP contribution in [0.3, 0.4) is 0 Å². The highest BCUT2D eigenvalue weighted by Gasteiger charge is 2.36. The number of aromatic nitrogens is 3. The second-order valence-electron chi connectivity index (χ2n) is 8.14. The Bertz CT molecular complexity index is 1180. The van der Waals surface area contributed by atoms with Gasteiger partial charge < -0.3 is 14.8 Å². The summed E-state index contributed by atoms with van der Waals surface area (Å²) < 4.78 is 16.0.